The molecule has 272 valence electrons. The van der Waals surface area contributed by atoms with Gasteiger partial charge in [0, 0.05) is 56.0 Å². The molecule has 1 N–H and O–H groups in total. The summed E-state index contributed by atoms with van der Waals surface area (Å²) in [6.45, 7) is 4.01. The summed E-state index contributed by atoms with van der Waals surface area (Å²) in [5.74, 6) is 1.82. The largest absolute Gasteiger partial charge is 0.496 e. The van der Waals surface area contributed by atoms with Crippen molar-refractivity contribution >= 4 is 17.8 Å². The number of amides is 2. The molecule has 1 aliphatic heterocycles. The molecule has 3 aromatic rings. The third-order valence-electron chi connectivity index (χ3n) is 13.3. The van der Waals surface area contributed by atoms with Crippen molar-refractivity contribution in [2.45, 2.75) is 108 Å². The van der Waals surface area contributed by atoms with Crippen LogP contribution in [0.5, 0.6) is 5.75 Å². The number of anilines is 1. The van der Waals surface area contributed by atoms with E-state index in [0.29, 0.717) is 51.4 Å². The van der Waals surface area contributed by atoms with Crippen LogP contribution in [0.2, 0.25) is 0 Å². The van der Waals surface area contributed by atoms with Crippen LogP contribution in [0.25, 0.3) is 11.1 Å². The fourth-order valence-corrected chi connectivity index (χ4v) is 9.53. The Morgan fingerprint density at radius 1 is 0.961 bits per heavy atom. The van der Waals surface area contributed by atoms with Crippen LogP contribution in [-0.2, 0) is 14.9 Å². The van der Waals surface area contributed by atoms with Crippen LogP contribution in [0.4, 0.5) is 10.6 Å². The molecule has 6 fully saturated rings. The van der Waals surface area contributed by atoms with Crippen molar-refractivity contribution in [2.24, 2.45) is 17.3 Å². The van der Waals surface area contributed by atoms with E-state index in [1.165, 1.54) is 30.4 Å². The summed E-state index contributed by atoms with van der Waals surface area (Å²) < 4.78 is 13.5. The third-order valence-corrected chi connectivity index (χ3v) is 13.3. The van der Waals surface area contributed by atoms with Gasteiger partial charge in [0.25, 0.3) is 0 Å². The number of benzene rings is 1. The number of carbonyl (C=O) groups is 2. The number of pyridine rings is 1. The van der Waals surface area contributed by atoms with E-state index in [9.17, 15) is 14.7 Å². The highest BCUT2D eigenvalue weighted by Gasteiger charge is 2.51. The minimum absolute atomic E-state index is 0.0576. The van der Waals surface area contributed by atoms with E-state index in [1.54, 1.807) is 12.0 Å². The molecule has 9 rings (SSSR count). The number of rotatable bonds is 10. The molecule has 2 amide bonds. The number of aliphatic hydroxyl groups excluding tert-OH is 1. The number of aryl methyl sites for hydroxylation is 1. The second-order valence-corrected chi connectivity index (χ2v) is 16.4. The van der Waals surface area contributed by atoms with Gasteiger partial charge in [0.05, 0.1) is 19.3 Å². The predicted octanol–water partition coefficient (Wildman–Crippen LogP) is 7.23. The van der Waals surface area contributed by atoms with Crippen LogP contribution in [0, 0.1) is 24.2 Å². The van der Waals surface area contributed by atoms with Gasteiger partial charge in [-0.25, -0.2) is 9.78 Å². The normalized spacial score (nSPS) is 27.8. The molecule has 1 saturated heterocycles. The van der Waals surface area contributed by atoms with Gasteiger partial charge in [-0.1, -0.05) is 12.1 Å². The zero-order chi connectivity index (χ0) is 35.2. The third kappa shape index (κ3) is 6.64. The number of carbonyl (C=O) groups excluding carboxylic acids is 2. The van der Waals surface area contributed by atoms with Crippen molar-refractivity contribution in [3.05, 3.63) is 60.0 Å². The molecule has 2 aromatic heterocycles. The molecule has 5 saturated carbocycles. The highest BCUT2D eigenvalue weighted by atomic mass is 16.6. The lowest BCUT2D eigenvalue weighted by molar-refractivity contribution is -0.124. The minimum atomic E-state index is -0.299. The lowest BCUT2D eigenvalue weighted by Gasteiger charge is -2.55. The van der Waals surface area contributed by atoms with Gasteiger partial charge in [0.15, 0.2) is 0 Å². The van der Waals surface area contributed by atoms with Crippen molar-refractivity contribution in [3.8, 4) is 16.9 Å². The summed E-state index contributed by atoms with van der Waals surface area (Å²) in [6, 6.07) is 11.3. The lowest BCUT2D eigenvalue weighted by atomic mass is 9.51. The fourth-order valence-electron chi connectivity index (χ4n) is 9.53. The fraction of sp³-hybridized carbons (Fsp3) is 0.610. The number of ether oxygens (including phenoxy) is 2. The van der Waals surface area contributed by atoms with Crippen molar-refractivity contribution < 1.29 is 24.2 Å². The Hall–Kier alpha value is -3.92. The molecular weight excluding hydrogens is 642 g/mol. The standard InChI is InChI=1S/C41H53N5O5/c1-28-20-33(8-11-36(28)50-2)41-16-13-40(14-17-41,15-18-41)27-45(37-21-31(12-19-42-37)32-22-43-46(25-32)34-4-3-5-34)38(48)30-6-9-35(10-7-30)51-39(49)44-23-29(24-44)26-47/h8,11-12,19-22,25,29-30,34-35,47H,3-7,9-10,13-18,23-24,26-27H2,1-2H3. The zero-order valence-electron chi connectivity index (χ0n) is 30.3. The molecule has 0 radical (unpaired) electrons. The van der Waals surface area contributed by atoms with Gasteiger partial charge in [-0.05, 0) is 136 Å². The van der Waals surface area contributed by atoms with E-state index in [4.69, 9.17) is 14.5 Å². The average molecular weight is 696 g/mol. The number of hydrogen-bond acceptors (Lipinski definition) is 7. The van der Waals surface area contributed by atoms with Gasteiger partial charge in [-0.3, -0.25) is 14.4 Å². The van der Waals surface area contributed by atoms with E-state index in [2.05, 4.69) is 47.2 Å². The minimum Gasteiger partial charge on any atom is -0.496 e. The summed E-state index contributed by atoms with van der Waals surface area (Å²) >= 11 is 0. The van der Waals surface area contributed by atoms with Gasteiger partial charge in [0.2, 0.25) is 5.91 Å². The van der Waals surface area contributed by atoms with Gasteiger partial charge in [-0.15, -0.1) is 0 Å². The van der Waals surface area contributed by atoms with Gasteiger partial charge < -0.3 is 19.5 Å². The Kier molecular flexibility index (Phi) is 9.32. The number of nitrogens with zero attached hydrogens (tertiary/aromatic N) is 5. The Labute approximate surface area is 301 Å². The Morgan fingerprint density at radius 2 is 1.71 bits per heavy atom. The molecule has 3 heterocycles. The zero-order valence-corrected chi connectivity index (χ0v) is 30.3. The Bertz CT molecular complexity index is 1710. The number of aromatic nitrogens is 3. The smallest absolute Gasteiger partial charge is 0.410 e. The average Bonchev–Trinajstić information content (AvgIpc) is 3.60. The van der Waals surface area contributed by atoms with Crippen LogP contribution in [-0.4, -0.2) is 76.2 Å². The van der Waals surface area contributed by atoms with Crippen LogP contribution >= 0.6 is 0 Å². The Balaban J connectivity index is 0.996. The van der Waals surface area contributed by atoms with E-state index < -0.39 is 0 Å². The number of methoxy groups -OCH3 is 1. The molecule has 0 unspecified atom stereocenters. The first kappa shape index (κ1) is 34.2. The van der Waals surface area contributed by atoms with Crippen LogP contribution < -0.4 is 9.64 Å². The molecule has 0 spiro atoms. The van der Waals surface area contributed by atoms with Gasteiger partial charge in [0.1, 0.15) is 17.7 Å². The number of hydrogen-bond donors (Lipinski definition) is 1. The van der Waals surface area contributed by atoms with Crippen molar-refractivity contribution in [2.75, 3.05) is 38.3 Å². The van der Waals surface area contributed by atoms with E-state index in [-0.39, 0.29) is 47.4 Å². The van der Waals surface area contributed by atoms with Crippen LogP contribution in [0.15, 0.2) is 48.9 Å². The lowest BCUT2D eigenvalue weighted by Crippen LogP contribution is -2.52. The van der Waals surface area contributed by atoms with Gasteiger partial charge >= 0.3 is 6.09 Å². The molecule has 5 aliphatic carbocycles. The van der Waals surface area contributed by atoms with Crippen molar-refractivity contribution in [3.63, 3.8) is 0 Å². The van der Waals surface area contributed by atoms with E-state index in [0.717, 1.165) is 61.2 Å². The summed E-state index contributed by atoms with van der Waals surface area (Å²) in [7, 11) is 1.74. The molecule has 2 bridgehead atoms. The maximum atomic E-state index is 14.7. The molecule has 51 heavy (non-hydrogen) atoms. The maximum Gasteiger partial charge on any atom is 0.410 e. The second kappa shape index (κ2) is 13.9. The summed E-state index contributed by atoms with van der Waals surface area (Å²) in [6.07, 6.45) is 18.4. The molecule has 6 aliphatic rings. The molecule has 1 aromatic carbocycles. The van der Waals surface area contributed by atoms with Crippen LogP contribution in [0.3, 0.4) is 0 Å². The van der Waals surface area contributed by atoms with E-state index in [1.807, 2.05) is 23.4 Å². The molecule has 10 heteroatoms. The number of fused-ring (bicyclic) bond motifs is 3. The molecule has 10 nitrogen and oxygen atoms in total. The predicted molar refractivity (Wildman–Crippen MR) is 195 cm³/mol. The highest BCUT2D eigenvalue weighted by Crippen LogP contribution is 2.58. The summed E-state index contributed by atoms with van der Waals surface area (Å²) in [5, 5.41) is 14.0. The highest BCUT2D eigenvalue weighted by molar-refractivity contribution is 5.95. The topological polar surface area (TPSA) is 110 Å². The number of likely N-dealkylation sites (tertiary alicyclic amines) is 1. The summed E-state index contributed by atoms with van der Waals surface area (Å²) in [5.41, 5.74) is 4.96. The van der Waals surface area contributed by atoms with Crippen LogP contribution in [0.1, 0.15) is 101 Å². The monoisotopic (exact) mass is 695 g/mol. The SMILES string of the molecule is COc1ccc(C23CCC(CN(C(=O)C4CCC(OC(=O)N5CC(CO)C5)CC4)c4cc(-c5cnn(C6CCC6)c5)ccn4)(CC2)CC3)cc1C. The van der Waals surface area contributed by atoms with Crippen molar-refractivity contribution in [1.29, 1.82) is 0 Å². The van der Waals surface area contributed by atoms with Gasteiger partial charge in [-0.2, -0.15) is 5.10 Å². The number of aliphatic hydroxyl groups is 1. The van der Waals surface area contributed by atoms with Crippen molar-refractivity contribution in [1.82, 2.24) is 19.7 Å². The second-order valence-electron chi connectivity index (χ2n) is 16.4. The first-order valence-corrected chi connectivity index (χ1v) is 19.3. The maximum absolute atomic E-state index is 14.7. The molecular formula is C41H53N5O5. The summed E-state index contributed by atoms with van der Waals surface area (Å²) in [4.78, 5) is 35.9. The molecule has 0 atom stereocenters. The Morgan fingerprint density at radius 3 is 2.35 bits per heavy atom. The quantitative estimate of drug-likeness (QED) is 0.238. The first-order chi connectivity index (χ1) is 24.8. The first-order valence-electron chi connectivity index (χ1n) is 19.3. The van der Waals surface area contributed by atoms with E-state index >= 15 is 0 Å².